The van der Waals surface area contributed by atoms with Crippen molar-refractivity contribution in [2.45, 2.75) is 45.2 Å². The van der Waals surface area contributed by atoms with E-state index in [1.54, 1.807) is 27.4 Å². The fourth-order valence-corrected chi connectivity index (χ4v) is 5.09. The first kappa shape index (κ1) is 28.1. The van der Waals surface area contributed by atoms with Gasteiger partial charge in [-0.2, -0.15) is 0 Å². The second kappa shape index (κ2) is 11.8. The predicted molar refractivity (Wildman–Crippen MR) is 145 cm³/mol. The minimum Gasteiger partial charge on any atom is -0.497 e. The molecule has 2 N–H and O–H groups in total. The highest BCUT2D eigenvalue weighted by molar-refractivity contribution is 5.84. The van der Waals surface area contributed by atoms with Crippen molar-refractivity contribution < 1.29 is 23.0 Å². The molecule has 208 valence electrons. The van der Waals surface area contributed by atoms with Crippen LogP contribution in [0.15, 0.2) is 54.9 Å². The Labute approximate surface area is 227 Å². The number of halogens is 2. The van der Waals surface area contributed by atoms with Gasteiger partial charge in [0.2, 0.25) is 5.92 Å². The van der Waals surface area contributed by atoms with Gasteiger partial charge in [-0.1, -0.05) is 25.1 Å². The fourth-order valence-electron chi connectivity index (χ4n) is 5.09. The number of methoxy groups -OCH3 is 3. The number of alkyl halides is 2. The van der Waals surface area contributed by atoms with Crippen molar-refractivity contribution in [2.24, 2.45) is 11.8 Å². The molecule has 1 aliphatic carbocycles. The summed E-state index contributed by atoms with van der Waals surface area (Å²) in [5, 5.41) is 17.9. The molecule has 2 atom stereocenters. The Morgan fingerprint density at radius 3 is 2.44 bits per heavy atom. The van der Waals surface area contributed by atoms with Gasteiger partial charge in [-0.05, 0) is 30.5 Å². The van der Waals surface area contributed by atoms with Crippen LogP contribution in [0, 0.1) is 22.7 Å². The number of aromatic nitrogens is 2. The molecule has 0 saturated heterocycles. The molecule has 1 heterocycles. The Bertz CT molecular complexity index is 1380. The van der Waals surface area contributed by atoms with E-state index in [0.29, 0.717) is 42.6 Å². The first-order valence-corrected chi connectivity index (χ1v) is 12.8. The quantitative estimate of drug-likeness (QED) is 0.277. The molecule has 0 bridgehead atoms. The summed E-state index contributed by atoms with van der Waals surface area (Å²) in [6.45, 7) is 2.55. The lowest BCUT2D eigenvalue weighted by Crippen LogP contribution is -2.42. The summed E-state index contributed by atoms with van der Waals surface area (Å²) in [6, 6.07) is 13.1. The van der Waals surface area contributed by atoms with Crippen molar-refractivity contribution in [3.8, 4) is 17.2 Å². The standard InChI is InChI=1S/C29H35F2N5O3/c1-19-11-12-29(30,31)16-23(19)26(32)36-14-13-34-28(27(36)33)35(17-20-7-5-6-8-24(20)38-3)18-21-9-10-22(37-2)15-25(21)39-4/h5-10,13-15,19,23,32-33H,11-12,16-18H2,1-4H3. The number of nitrogens with one attached hydrogen (secondary N) is 2. The number of para-hydroxylation sites is 1. The van der Waals surface area contributed by atoms with Crippen LogP contribution in [0.3, 0.4) is 0 Å². The maximum Gasteiger partial charge on any atom is 0.248 e. The first-order chi connectivity index (χ1) is 18.7. The summed E-state index contributed by atoms with van der Waals surface area (Å²) >= 11 is 0. The Balaban J connectivity index is 1.76. The van der Waals surface area contributed by atoms with Crippen LogP contribution in [0.5, 0.6) is 17.2 Å². The molecule has 1 aliphatic rings. The Morgan fingerprint density at radius 1 is 1.05 bits per heavy atom. The van der Waals surface area contributed by atoms with Gasteiger partial charge < -0.3 is 19.1 Å². The van der Waals surface area contributed by atoms with Crippen LogP contribution < -0.4 is 24.6 Å². The van der Waals surface area contributed by atoms with Crippen molar-refractivity contribution in [1.82, 2.24) is 9.55 Å². The van der Waals surface area contributed by atoms with Gasteiger partial charge in [0.15, 0.2) is 11.3 Å². The smallest absolute Gasteiger partial charge is 0.248 e. The van der Waals surface area contributed by atoms with E-state index in [4.69, 9.17) is 25.0 Å². The molecular weight excluding hydrogens is 504 g/mol. The summed E-state index contributed by atoms with van der Waals surface area (Å²) < 4.78 is 46.5. The molecule has 2 unspecified atom stereocenters. The second-order valence-corrected chi connectivity index (χ2v) is 9.88. The molecule has 0 aliphatic heterocycles. The third-order valence-electron chi connectivity index (χ3n) is 7.36. The maximum absolute atomic E-state index is 14.3. The van der Waals surface area contributed by atoms with Crippen LogP contribution in [0.1, 0.15) is 37.3 Å². The van der Waals surface area contributed by atoms with Crippen LogP contribution in [-0.2, 0) is 13.1 Å². The zero-order valence-corrected chi connectivity index (χ0v) is 22.7. The average Bonchev–Trinajstić information content (AvgIpc) is 2.94. The molecular formula is C29H35F2N5O3. The molecule has 2 aromatic carbocycles. The van der Waals surface area contributed by atoms with Crippen molar-refractivity contribution in [3.63, 3.8) is 0 Å². The number of benzene rings is 2. The van der Waals surface area contributed by atoms with Gasteiger partial charge in [0, 0.05) is 61.4 Å². The van der Waals surface area contributed by atoms with E-state index in [1.165, 1.54) is 17.0 Å². The minimum absolute atomic E-state index is 0.0187. The summed E-state index contributed by atoms with van der Waals surface area (Å²) in [6.07, 6.45) is 2.78. The second-order valence-electron chi connectivity index (χ2n) is 9.88. The van der Waals surface area contributed by atoms with Crippen molar-refractivity contribution in [1.29, 1.82) is 10.8 Å². The summed E-state index contributed by atoms with van der Waals surface area (Å²) in [4.78, 5) is 6.41. The van der Waals surface area contributed by atoms with Crippen LogP contribution in [0.25, 0.3) is 0 Å². The van der Waals surface area contributed by atoms with E-state index in [9.17, 15) is 8.78 Å². The Hall–Kier alpha value is -3.95. The van der Waals surface area contributed by atoms with Crippen LogP contribution in [-0.4, -0.2) is 42.6 Å². The summed E-state index contributed by atoms with van der Waals surface area (Å²) in [5.41, 5.74) is 1.66. The Morgan fingerprint density at radius 2 is 1.74 bits per heavy atom. The SMILES string of the molecule is COc1ccc(CN(Cc2ccccc2OC)c2nccn(C(=N)C3CC(F)(F)CCC3C)c2=N)c(OC)c1. The van der Waals surface area contributed by atoms with E-state index in [2.05, 4.69) is 4.98 Å². The van der Waals surface area contributed by atoms with Crippen molar-refractivity contribution in [2.75, 3.05) is 26.2 Å². The van der Waals surface area contributed by atoms with E-state index in [0.717, 1.165) is 11.1 Å². The highest BCUT2D eigenvalue weighted by Crippen LogP contribution is 2.40. The van der Waals surface area contributed by atoms with Crippen LogP contribution >= 0.6 is 0 Å². The lowest BCUT2D eigenvalue weighted by molar-refractivity contribution is -0.0555. The van der Waals surface area contributed by atoms with Crippen LogP contribution in [0.2, 0.25) is 0 Å². The number of nitrogens with zero attached hydrogens (tertiary/aromatic N) is 3. The lowest BCUT2D eigenvalue weighted by Gasteiger charge is -2.35. The third kappa shape index (κ3) is 6.21. The normalized spacial score (nSPS) is 18.3. The molecule has 8 nitrogen and oxygen atoms in total. The predicted octanol–water partition coefficient (Wildman–Crippen LogP) is 5.49. The molecule has 1 aromatic heterocycles. The van der Waals surface area contributed by atoms with E-state index >= 15 is 0 Å². The Kier molecular flexibility index (Phi) is 8.52. The molecule has 39 heavy (non-hydrogen) atoms. The fraction of sp³-hybridized carbons (Fsp3) is 0.414. The number of rotatable bonds is 9. The molecule has 10 heteroatoms. The monoisotopic (exact) mass is 539 g/mol. The van der Waals surface area contributed by atoms with Gasteiger partial charge in [0.05, 0.1) is 21.3 Å². The molecule has 4 rings (SSSR count). The highest BCUT2D eigenvalue weighted by atomic mass is 19.3. The zero-order chi connectivity index (χ0) is 28.2. The molecule has 0 spiro atoms. The average molecular weight is 540 g/mol. The number of ether oxygens (including phenoxy) is 3. The summed E-state index contributed by atoms with van der Waals surface area (Å²) in [7, 11) is 4.76. The largest absolute Gasteiger partial charge is 0.497 e. The lowest BCUT2D eigenvalue weighted by atomic mass is 9.77. The van der Waals surface area contributed by atoms with E-state index < -0.39 is 18.3 Å². The van der Waals surface area contributed by atoms with Gasteiger partial charge >= 0.3 is 0 Å². The van der Waals surface area contributed by atoms with Gasteiger partial charge in [0.25, 0.3) is 0 Å². The van der Waals surface area contributed by atoms with Crippen LogP contribution in [0.4, 0.5) is 14.6 Å². The van der Waals surface area contributed by atoms with E-state index in [1.807, 2.05) is 48.2 Å². The maximum atomic E-state index is 14.3. The van der Waals surface area contributed by atoms with Gasteiger partial charge in [0.1, 0.15) is 23.1 Å². The first-order valence-electron chi connectivity index (χ1n) is 12.8. The van der Waals surface area contributed by atoms with Crippen molar-refractivity contribution >= 4 is 11.7 Å². The van der Waals surface area contributed by atoms with Gasteiger partial charge in [-0.3, -0.25) is 15.4 Å². The zero-order valence-electron chi connectivity index (χ0n) is 22.7. The molecule has 1 saturated carbocycles. The molecule has 0 radical (unpaired) electrons. The van der Waals surface area contributed by atoms with Gasteiger partial charge in [-0.15, -0.1) is 0 Å². The van der Waals surface area contributed by atoms with Crippen molar-refractivity contribution in [3.05, 3.63) is 71.5 Å². The number of anilines is 1. The highest BCUT2D eigenvalue weighted by Gasteiger charge is 2.42. The molecule has 3 aromatic rings. The minimum atomic E-state index is -2.82. The summed E-state index contributed by atoms with van der Waals surface area (Å²) in [5.74, 6) is -1.34. The number of hydrogen-bond acceptors (Lipinski definition) is 7. The number of hydrogen-bond donors (Lipinski definition) is 2. The third-order valence-corrected chi connectivity index (χ3v) is 7.36. The molecule has 0 amide bonds. The molecule has 1 fully saturated rings. The van der Waals surface area contributed by atoms with E-state index in [-0.39, 0.29) is 23.7 Å². The van der Waals surface area contributed by atoms with Gasteiger partial charge in [-0.25, -0.2) is 13.8 Å². The topological polar surface area (TPSA) is 96.5 Å².